The highest BCUT2D eigenvalue weighted by molar-refractivity contribution is 6.19. The SMILES string of the molecule is C=CCCC1(Cc2ccccc2)C(=O)NC(=O)NC1=O. The van der Waals surface area contributed by atoms with Gasteiger partial charge in [0.05, 0.1) is 0 Å². The lowest BCUT2D eigenvalue weighted by Gasteiger charge is -2.33. The minimum atomic E-state index is -1.26. The molecule has 0 unspecified atom stereocenters. The van der Waals surface area contributed by atoms with Crippen LogP contribution in [-0.4, -0.2) is 17.8 Å². The first-order chi connectivity index (χ1) is 9.58. The van der Waals surface area contributed by atoms with Crippen molar-refractivity contribution in [1.82, 2.24) is 10.6 Å². The zero-order valence-corrected chi connectivity index (χ0v) is 11.0. The van der Waals surface area contributed by atoms with Gasteiger partial charge in [0.1, 0.15) is 5.41 Å². The Labute approximate surface area is 117 Å². The lowest BCUT2D eigenvalue weighted by atomic mass is 9.75. The van der Waals surface area contributed by atoms with Crippen LogP contribution in [0.1, 0.15) is 18.4 Å². The average molecular weight is 272 g/mol. The van der Waals surface area contributed by atoms with Crippen LogP contribution in [0, 0.1) is 5.41 Å². The van der Waals surface area contributed by atoms with E-state index in [9.17, 15) is 14.4 Å². The third-order valence-corrected chi connectivity index (χ3v) is 3.45. The van der Waals surface area contributed by atoms with Crippen molar-refractivity contribution in [2.75, 3.05) is 0 Å². The second-order valence-electron chi connectivity index (χ2n) is 4.81. The highest BCUT2D eigenvalue weighted by Crippen LogP contribution is 2.31. The fourth-order valence-electron chi connectivity index (χ4n) is 2.35. The molecule has 0 aliphatic carbocycles. The smallest absolute Gasteiger partial charge is 0.277 e. The Hall–Kier alpha value is -2.43. The first-order valence-corrected chi connectivity index (χ1v) is 6.40. The maximum absolute atomic E-state index is 12.2. The lowest BCUT2D eigenvalue weighted by molar-refractivity contribution is -0.144. The van der Waals surface area contributed by atoms with Gasteiger partial charge in [0.25, 0.3) is 0 Å². The predicted molar refractivity (Wildman–Crippen MR) is 73.7 cm³/mol. The number of urea groups is 1. The highest BCUT2D eigenvalue weighted by Gasteiger charge is 2.49. The molecular weight excluding hydrogens is 256 g/mol. The van der Waals surface area contributed by atoms with Crippen LogP contribution >= 0.6 is 0 Å². The van der Waals surface area contributed by atoms with E-state index in [1.807, 2.05) is 30.3 Å². The Morgan fingerprint density at radius 3 is 2.20 bits per heavy atom. The molecule has 0 atom stereocenters. The van der Waals surface area contributed by atoms with E-state index >= 15 is 0 Å². The van der Waals surface area contributed by atoms with E-state index in [-0.39, 0.29) is 6.42 Å². The predicted octanol–water partition coefficient (Wildman–Crippen LogP) is 1.55. The monoisotopic (exact) mass is 272 g/mol. The van der Waals surface area contributed by atoms with Crippen molar-refractivity contribution in [2.45, 2.75) is 19.3 Å². The molecule has 0 spiro atoms. The minimum absolute atomic E-state index is 0.257. The number of barbiturate groups is 1. The minimum Gasteiger partial charge on any atom is -0.277 e. The number of rotatable bonds is 5. The van der Waals surface area contributed by atoms with E-state index in [4.69, 9.17) is 0 Å². The normalized spacial score (nSPS) is 17.3. The van der Waals surface area contributed by atoms with Gasteiger partial charge in [0.15, 0.2) is 0 Å². The molecule has 4 amide bonds. The number of nitrogens with one attached hydrogen (secondary N) is 2. The first-order valence-electron chi connectivity index (χ1n) is 6.40. The van der Waals surface area contributed by atoms with Crippen molar-refractivity contribution >= 4 is 17.8 Å². The van der Waals surface area contributed by atoms with E-state index in [0.717, 1.165) is 5.56 Å². The van der Waals surface area contributed by atoms with Gasteiger partial charge in [-0.25, -0.2) is 4.79 Å². The second kappa shape index (κ2) is 5.69. The van der Waals surface area contributed by atoms with Gasteiger partial charge in [-0.1, -0.05) is 36.4 Å². The molecule has 1 aromatic carbocycles. The van der Waals surface area contributed by atoms with Crippen LogP contribution < -0.4 is 10.6 Å². The van der Waals surface area contributed by atoms with Crippen molar-refractivity contribution in [3.05, 3.63) is 48.6 Å². The summed E-state index contributed by atoms with van der Waals surface area (Å²) in [6, 6.07) is 8.51. The molecule has 5 nitrogen and oxygen atoms in total. The van der Waals surface area contributed by atoms with Crippen molar-refractivity contribution < 1.29 is 14.4 Å². The van der Waals surface area contributed by atoms with Crippen LogP contribution in [0.15, 0.2) is 43.0 Å². The van der Waals surface area contributed by atoms with Gasteiger partial charge < -0.3 is 0 Å². The summed E-state index contributed by atoms with van der Waals surface area (Å²) in [5, 5.41) is 4.37. The lowest BCUT2D eigenvalue weighted by Crippen LogP contribution is -2.63. The molecule has 1 aromatic rings. The quantitative estimate of drug-likeness (QED) is 0.630. The third-order valence-electron chi connectivity index (χ3n) is 3.45. The molecule has 0 radical (unpaired) electrons. The number of hydrogen-bond acceptors (Lipinski definition) is 3. The number of amides is 4. The maximum atomic E-state index is 12.2. The van der Waals surface area contributed by atoms with Gasteiger partial charge in [0, 0.05) is 0 Å². The standard InChI is InChI=1S/C15H16N2O3/c1-2-3-9-15(10-11-7-5-4-6-8-11)12(18)16-14(20)17-13(15)19/h2,4-8H,1,3,9-10H2,(H2,16,17,18,19,20). The van der Waals surface area contributed by atoms with E-state index in [0.29, 0.717) is 12.8 Å². The van der Waals surface area contributed by atoms with E-state index in [2.05, 4.69) is 17.2 Å². The van der Waals surface area contributed by atoms with Crippen LogP contribution in [0.4, 0.5) is 4.79 Å². The molecule has 2 N–H and O–H groups in total. The number of carbonyl (C=O) groups excluding carboxylic acids is 3. The number of imide groups is 2. The Morgan fingerprint density at radius 2 is 1.65 bits per heavy atom. The summed E-state index contributed by atoms with van der Waals surface area (Å²) in [6.45, 7) is 3.62. The summed E-state index contributed by atoms with van der Waals surface area (Å²) < 4.78 is 0. The molecule has 2 rings (SSSR count). The molecular formula is C15H16N2O3. The van der Waals surface area contributed by atoms with Crippen LogP contribution in [0.25, 0.3) is 0 Å². The van der Waals surface area contributed by atoms with Gasteiger partial charge in [-0.3, -0.25) is 20.2 Å². The molecule has 1 aliphatic rings. The molecule has 0 bridgehead atoms. The van der Waals surface area contributed by atoms with Crippen LogP contribution in [-0.2, 0) is 16.0 Å². The van der Waals surface area contributed by atoms with E-state index in [1.165, 1.54) is 0 Å². The molecule has 1 fully saturated rings. The Balaban J connectivity index is 2.34. The molecule has 104 valence electrons. The van der Waals surface area contributed by atoms with Crippen molar-refractivity contribution in [3.8, 4) is 0 Å². The van der Waals surface area contributed by atoms with Crippen molar-refractivity contribution in [2.24, 2.45) is 5.41 Å². The molecule has 5 heteroatoms. The molecule has 0 saturated carbocycles. The summed E-state index contributed by atoms with van der Waals surface area (Å²) in [5.74, 6) is -1.09. The number of hydrogen-bond donors (Lipinski definition) is 2. The zero-order valence-electron chi connectivity index (χ0n) is 11.0. The summed E-state index contributed by atoms with van der Waals surface area (Å²) >= 11 is 0. The van der Waals surface area contributed by atoms with Crippen LogP contribution in [0.3, 0.4) is 0 Å². The molecule has 1 aliphatic heterocycles. The Kier molecular flexibility index (Phi) is 3.98. The summed E-state index contributed by atoms with van der Waals surface area (Å²) in [7, 11) is 0. The molecule has 1 heterocycles. The average Bonchev–Trinajstić information content (AvgIpc) is 2.42. The first kappa shape index (κ1) is 14.0. The largest absolute Gasteiger partial charge is 0.328 e. The fourth-order valence-corrected chi connectivity index (χ4v) is 2.35. The van der Waals surface area contributed by atoms with Crippen LogP contribution in [0.5, 0.6) is 0 Å². The summed E-state index contributed by atoms with van der Waals surface area (Å²) in [6.07, 6.45) is 2.74. The van der Waals surface area contributed by atoms with Crippen molar-refractivity contribution in [1.29, 1.82) is 0 Å². The van der Waals surface area contributed by atoms with Gasteiger partial charge in [0.2, 0.25) is 11.8 Å². The van der Waals surface area contributed by atoms with Gasteiger partial charge >= 0.3 is 6.03 Å². The summed E-state index contributed by atoms with van der Waals surface area (Å²) in [4.78, 5) is 35.7. The van der Waals surface area contributed by atoms with Crippen molar-refractivity contribution in [3.63, 3.8) is 0 Å². The second-order valence-corrected chi connectivity index (χ2v) is 4.81. The third kappa shape index (κ3) is 2.61. The highest BCUT2D eigenvalue weighted by atomic mass is 16.2. The van der Waals surface area contributed by atoms with Gasteiger partial charge in [-0.15, -0.1) is 6.58 Å². The van der Waals surface area contributed by atoms with Gasteiger partial charge in [-0.05, 0) is 24.8 Å². The van der Waals surface area contributed by atoms with Crippen LogP contribution in [0.2, 0.25) is 0 Å². The van der Waals surface area contributed by atoms with Gasteiger partial charge in [-0.2, -0.15) is 0 Å². The maximum Gasteiger partial charge on any atom is 0.328 e. The zero-order chi connectivity index (χ0) is 14.6. The number of carbonyl (C=O) groups is 3. The number of benzene rings is 1. The van der Waals surface area contributed by atoms with E-state index in [1.54, 1.807) is 6.08 Å². The topological polar surface area (TPSA) is 75.3 Å². The molecule has 1 saturated heterocycles. The van der Waals surface area contributed by atoms with E-state index < -0.39 is 23.3 Å². The number of allylic oxidation sites excluding steroid dienone is 1. The molecule has 20 heavy (non-hydrogen) atoms. The Bertz CT molecular complexity index is 531. The Morgan fingerprint density at radius 1 is 1.05 bits per heavy atom. The summed E-state index contributed by atoms with van der Waals surface area (Å²) in [5.41, 5.74) is -0.389. The fraction of sp³-hybridized carbons (Fsp3) is 0.267. The molecule has 0 aromatic heterocycles.